The molecule has 1 heterocycles. The third-order valence-electron chi connectivity index (χ3n) is 2.25. The molecule has 0 saturated heterocycles. The van der Waals surface area contributed by atoms with E-state index in [-0.39, 0.29) is 0 Å². The predicted molar refractivity (Wildman–Crippen MR) is 63.6 cm³/mol. The van der Waals surface area contributed by atoms with Crippen molar-refractivity contribution in [2.24, 2.45) is 0 Å². The number of aryl methyl sites for hydroxylation is 1. The second kappa shape index (κ2) is 3.72. The second-order valence-electron chi connectivity index (χ2n) is 3.03. The van der Waals surface area contributed by atoms with Crippen LogP contribution in [0.15, 0.2) is 22.0 Å². The third-order valence-corrected chi connectivity index (χ3v) is 4.10. The monoisotopic (exact) mass is 265 g/mol. The molecule has 0 spiro atoms. The van der Waals surface area contributed by atoms with Crippen LogP contribution in [0.2, 0.25) is 0 Å². The van der Waals surface area contributed by atoms with Gasteiger partial charge in [-0.15, -0.1) is 11.3 Å². The van der Waals surface area contributed by atoms with Crippen LogP contribution in [0.5, 0.6) is 0 Å². The van der Waals surface area contributed by atoms with Crippen LogP contribution in [0.1, 0.15) is 18.1 Å². The molecule has 70 valence electrons. The molecule has 0 atom stereocenters. The van der Waals surface area contributed by atoms with Gasteiger partial charge in [-0.3, -0.25) is 0 Å². The fourth-order valence-electron chi connectivity index (χ4n) is 1.50. The van der Waals surface area contributed by atoms with Gasteiger partial charge in [-0.2, -0.15) is 5.26 Å². The Morgan fingerprint density at radius 1 is 1.57 bits per heavy atom. The van der Waals surface area contributed by atoms with Crippen molar-refractivity contribution in [2.45, 2.75) is 13.3 Å². The lowest BCUT2D eigenvalue weighted by molar-refractivity contribution is 1.13. The van der Waals surface area contributed by atoms with Gasteiger partial charge in [0.15, 0.2) is 0 Å². The Balaban J connectivity index is 2.89. The van der Waals surface area contributed by atoms with Crippen molar-refractivity contribution < 1.29 is 0 Å². The van der Waals surface area contributed by atoms with Gasteiger partial charge in [0.1, 0.15) is 6.07 Å². The largest absolute Gasteiger partial charge is 0.192 e. The number of fused-ring (bicyclic) bond motifs is 1. The van der Waals surface area contributed by atoms with Crippen molar-refractivity contribution in [3.8, 4) is 6.07 Å². The van der Waals surface area contributed by atoms with E-state index in [1.54, 1.807) is 11.3 Å². The summed E-state index contributed by atoms with van der Waals surface area (Å²) in [7, 11) is 0. The van der Waals surface area contributed by atoms with E-state index in [1.807, 2.05) is 5.38 Å². The molecular formula is C11H8BrNS. The van der Waals surface area contributed by atoms with Crippen LogP contribution in [-0.4, -0.2) is 0 Å². The molecule has 0 aliphatic rings. The van der Waals surface area contributed by atoms with Gasteiger partial charge in [0.25, 0.3) is 0 Å². The number of rotatable bonds is 1. The zero-order valence-electron chi connectivity index (χ0n) is 7.67. The second-order valence-corrected chi connectivity index (χ2v) is 4.74. The Kier molecular flexibility index (Phi) is 2.58. The van der Waals surface area contributed by atoms with Crippen LogP contribution in [0.25, 0.3) is 10.1 Å². The first-order valence-corrected chi connectivity index (χ1v) is 6.04. The summed E-state index contributed by atoms with van der Waals surface area (Å²) in [5.41, 5.74) is 1.97. The van der Waals surface area contributed by atoms with E-state index in [2.05, 4.69) is 41.1 Å². The van der Waals surface area contributed by atoms with Gasteiger partial charge in [-0.05, 0) is 50.8 Å². The fraction of sp³-hybridized carbons (Fsp3) is 0.182. The van der Waals surface area contributed by atoms with Gasteiger partial charge in [-0.25, -0.2) is 0 Å². The molecule has 2 rings (SSSR count). The van der Waals surface area contributed by atoms with Crippen LogP contribution < -0.4 is 0 Å². The van der Waals surface area contributed by atoms with Crippen molar-refractivity contribution in [1.82, 2.24) is 0 Å². The van der Waals surface area contributed by atoms with Crippen molar-refractivity contribution >= 4 is 37.4 Å². The molecule has 0 amide bonds. The maximum Gasteiger partial charge on any atom is 0.102 e. The summed E-state index contributed by atoms with van der Waals surface area (Å²) >= 11 is 5.11. The van der Waals surface area contributed by atoms with E-state index < -0.39 is 0 Å². The van der Waals surface area contributed by atoms with Crippen LogP contribution in [-0.2, 0) is 6.42 Å². The maximum atomic E-state index is 9.08. The van der Waals surface area contributed by atoms with Gasteiger partial charge in [-0.1, -0.05) is 6.92 Å². The van der Waals surface area contributed by atoms with Crippen molar-refractivity contribution in [3.63, 3.8) is 0 Å². The number of nitriles is 1. The van der Waals surface area contributed by atoms with E-state index >= 15 is 0 Å². The minimum Gasteiger partial charge on any atom is -0.192 e. The minimum atomic E-state index is 0.773. The zero-order valence-corrected chi connectivity index (χ0v) is 10.1. The lowest BCUT2D eigenvalue weighted by Crippen LogP contribution is -1.87. The Hall–Kier alpha value is -0.850. The van der Waals surface area contributed by atoms with E-state index in [0.717, 1.165) is 21.2 Å². The maximum absolute atomic E-state index is 9.08. The molecule has 1 aromatic carbocycles. The fourth-order valence-corrected chi connectivity index (χ4v) is 3.20. The van der Waals surface area contributed by atoms with Crippen LogP contribution in [0.3, 0.4) is 0 Å². The number of nitrogens with zero attached hydrogens (tertiary/aromatic N) is 1. The van der Waals surface area contributed by atoms with Crippen molar-refractivity contribution in [1.29, 1.82) is 5.26 Å². The van der Waals surface area contributed by atoms with Crippen molar-refractivity contribution in [2.75, 3.05) is 0 Å². The average Bonchev–Trinajstić information content (AvgIpc) is 2.64. The number of hydrogen-bond acceptors (Lipinski definition) is 2. The highest BCUT2D eigenvalue weighted by Gasteiger charge is 2.10. The molecule has 0 bridgehead atoms. The predicted octanol–water partition coefficient (Wildman–Crippen LogP) is 4.10. The summed E-state index contributed by atoms with van der Waals surface area (Å²) < 4.78 is 2.04. The number of halogens is 1. The summed E-state index contributed by atoms with van der Waals surface area (Å²) in [4.78, 5) is 0. The van der Waals surface area contributed by atoms with Crippen LogP contribution in [0, 0.1) is 11.3 Å². The molecule has 3 heteroatoms. The Labute approximate surface area is 95.1 Å². The molecule has 0 N–H and O–H groups in total. The van der Waals surface area contributed by atoms with Gasteiger partial charge in [0.05, 0.1) is 10.3 Å². The smallest absolute Gasteiger partial charge is 0.102 e. The van der Waals surface area contributed by atoms with Gasteiger partial charge in [0, 0.05) is 4.47 Å². The first-order valence-electron chi connectivity index (χ1n) is 4.36. The summed E-state index contributed by atoms with van der Waals surface area (Å²) in [6.07, 6.45) is 0.945. The zero-order chi connectivity index (χ0) is 10.1. The topological polar surface area (TPSA) is 23.8 Å². The molecule has 1 nitrogen and oxygen atoms in total. The van der Waals surface area contributed by atoms with Gasteiger partial charge >= 0.3 is 0 Å². The molecule has 0 fully saturated rings. The van der Waals surface area contributed by atoms with Crippen LogP contribution >= 0.6 is 27.3 Å². The molecule has 0 aliphatic carbocycles. The number of benzene rings is 1. The summed E-state index contributed by atoms with van der Waals surface area (Å²) in [6.45, 7) is 2.10. The molecule has 1 aromatic heterocycles. The Morgan fingerprint density at radius 3 is 3.00 bits per heavy atom. The normalized spacial score (nSPS) is 10.4. The lowest BCUT2D eigenvalue weighted by atomic mass is 10.1. The summed E-state index contributed by atoms with van der Waals surface area (Å²) in [5, 5.41) is 12.3. The van der Waals surface area contributed by atoms with Gasteiger partial charge in [0.2, 0.25) is 0 Å². The van der Waals surface area contributed by atoms with Gasteiger partial charge < -0.3 is 0 Å². The highest BCUT2D eigenvalue weighted by atomic mass is 79.9. The van der Waals surface area contributed by atoms with Crippen LogP contribution in [0.4, 0.5) is 0 Å². The molecular weight excluding hydrogens is 258 g/mol. The SMILES string of the molecule is CCc1cc2ccsc2c(C#N)c1Br. The Bertz CT molecular complexity index is 522. The molecule has 2 aromatic rings. The highest BCUT2D eigenvalue weighted by molar-refractivity contribution is 9.10. The molecule has 0 radical (unpaired) electrons. The highest BCUT2D eigenvalue weighted by Crippen LogP contribution is 2.33. The van der Waals surface area contributed by atoms with E-state index in [9.17, 15) is 0 Å². The van der Waals surface area contributed by atoms with E-state index in [0.29, 0.717) is 0 Å². The quantitative estimate of drug-likeness (QED) is 0.762. The first-order chi connectivity index (χ1) is 6.77. The van der Waals surface area contributed by atoms with E-state index in [4.69, 9.17) is 5.26 Å². The lowest BCUT2D eigenvalue weighted by Gasteiger charge is -2.04. The standard InChI is InChI=1S/C11H8BrNS/c1-2-7-5-8-3-4-14-11(8)9(6-13)10(7)12/h3-5H,2H2,1H3. The molecule has 0 unspecified atom stereocenters. The molecule has 0 saturated carbocycles. The van der Waals surface area contributed by atoms with Crippen molar-refractivity contribution in [3.05, 3.63) is 33.1 Å². The Morgan fingerprint density at radius 2 is 2.36 bits per heavy atom. The molecule has 0 aliphatic heterocycles. The number of hydrogen-bond donors (Lipinski definition) is 0. The number of thiophene rings is 1. The molecule has 14 heavy (non-hydrogen) atoms. The summed E-state index contributed by atoms with van der Waals surface area (Å²) in [6, 6.07) is 6.47. The first kappa shape index (κ1) is 9.70. The minimum absolute atomic E-state index is 0.773. The third kappa shape index (κ3) is 1.35. The average molecular weight is 266 g/mol. The summed E-state index contributed by atoms with van der Waals surface area (Å²) in [5.74, 6) is 0. The van der Waals surface area contributed by atoms with E-state index in [1.165, 1.54) is 10.9 Å².